The molecule has 3 aromatic rings. The molecule has 0 aromatic heterocycles. The van der Waals surface area contributed by atoms with Crippen molar-refractivity contribution in [3.05, 3.63) is 92.4 Å². The van der Waals surface area contributed by atoms with Crippen LogP contribution in [0.5, 0.6) is 0 Å². The zero-order valence-corrected chi connectivity index (χ0v) is 20.0. The highest BCUT2D eigenvalue weighted by Crippen LogP contribution is 2.30. The van der Waals surface area contributed by atoms with Gasteiger partial charge in [0.05, 0.1) is 36.9 Å². The number of hydrazone groups is 1. The minimum atomic E-state index is -4.08. The standard InChI is InChI=1S/C21H15Cl4N3O3S/c22-17-8-6-14(10-19(17)24)12-26-27-21(29)13-28(15-7-9-18(23)20(25)11-15)32(30,31)16-4-2-1-3-5-16/h1-12H,13H2,(H,27,29)/b26-12-. The lowest BCUT2D eigenvalue weighted by atomic mass is 10.2. The second-order valence-electron chi connectivity index (χ2n) is 6.39. The molecular weight excluding hydrogens is 516 g/mol. The minimum Gasteiger partial charge on any atom is -0.271 e. The summed E-state index contributed by atoms with van der Waals surface area (Å²) in [6, 6.07) is 16.8. The second kappa shape index (κ2) is 10.6. The first-order chi connectivity index (χ1) is 15.2. The van der Waals surface area contributed by atoms with Gasteiger partial charge in [-0.2, -0.15) is 5.10 Å². The molecule has 166 valence electrons. The van der Waals surface area contributed by atoms with Crippen molar-refractivity contribution in [3.63, 3.8) is 0 Å². The molecule has 0 fully saturated rings. The van der Waals surface area contributed by atoms with Gasteiger partial charge in [0.2, 0.25) is 0 Å². The average Bonchev–Trinajstić information content (AvgIpc) is 2.77. The van der Waals surface area contributed by atoms with Crippen LogP contribution in [0, 0.1) is 0 Å². The number of carbonyl (C=O) groups is 1. The van der Waals surface area contributed by atoms with E-state index in [2.05, 4.69) is 10.5 Å². The van der Waals surface area contributed by atoms with Crippen LogP contribution in [-0.4, -0.2) is 27.1 Å². The molecule has 0 aliphatic rings. The monoisotopic (exact) mass is 529 g/mol. The predicted molar refractivity (Wildman–Crippen MR) is 130 cm³/mol. The van der Waals surface area contributed by atoms with Crippen LogP contribution in [0.25, 0.3) is 0 Å². The van der Waals surface area contributed by atoms with Crippen LogP contribution in [0.3, 0.4) is 0 Å². The lowest BCUT2D eigenvalue weighted by Crippen LogP contribution is -2.39. The molecule has 0 saturated carbocycles. The first-order valence-corrected chi connectivity index (χ1v) is 11.9. The van der Waals surface area contributed by atoms with Crippen LogP contribution in [0.1, 0.15) is 5.56 Å². The number of carbonyl (C=O) groups excluding carboxylic acids is 1. The number of halogens is 4. The van der Waals surface area contributed by atoms with Gasteiger partial charge in [-0.15, -0.1) is 0 Å². The molecule has 32 heavy (non-hydrogen) atoms. The van der Waals surface area contributed by atoms with Crippen LogP contribution >= 0.6 is 46.4 Å². The van der Waals surface area contributed by atoms with Crippen LogP contribution < -0.4 is 9.73 Å². The van der Waals surface area contributed by atoms with Gasteiger partial charge in [0.25, 0.3) is 15.9 Å². The van der Waals surface area contributed by atoms with Gasteiger partial charge in [0.15, 0.2) is 0 Å². The molecule has 0 aliphatic heterocycles. The van der Waals surface area contributed by atoms with Crippen LogP contribution in [0.2, 0.25) is 20.1 Å². The van der Waals surface area contributed by atoms with Gasteiger partial charge in [0, 0.05) is 0 Å². The molecule has 6 nitrogen and oxygen atoms in total. The number of hydrogen-bond donors (Lipinski definition) is 1. The van der Waals surface area contributed by atoms with Crippen LogP contribution in [-0.2, 0) is 14.8 Å². The fraction of sp³-hybridized carbons (Fsp3) is 0.0476. The molecule has 0 spiro atoms. The SMILES string of the molecule is O=C(CN(c1ccc(Cl)c(Cl)c1)S(=O)(=O)c1ccccc1)N/N=C\c1ccc(Cl)c(Cl)c1. The number of amides is 1. The highest BCUT2D eigenvalue weighted by atomic mass is 35.5. The lowest BCUT2D eigenvalue weighted by Gasteiger charge is -2.24. The lowest BCUT2D eigenvalue weighted by molar-refractivity contribution is -0.119. The summed E-state index contributed by atoms with van der Waals surface area (Å²) in [5.41, 5.74) is 3.07. The van der Waals surface area contributed by atoms with E-state index in [0.717, 1.165) is 4.31 Å². The Morgan fingerprint density at radius 3 is 2.12 bits per heavy atom. The minimum absolute atomic E-state index is 0.0122. The molecule has 1 amide bonds. The summed E-state index contributed by atoms with van der Waals surface area (Å²) in [7, 11) is -4.08. The highest BCUT2D eigenvalue weighted by Gasteiger charge is 2.27. The maximum absolute atomic E-state index is 13.2. The van der Waals surface area contributed by atoms with Crippen LogP contribution in [0.4, 0.5) is 5.69 Å². The number of hydrogen-bond acceptors (Lipinski definition) is 4. The maximum atomic E-state index is 13.2. The van der Waals surface area contributed by atoms with Crippen molar-refractivity contribution in [3.8, 4) is 0 Å². The third kappa shape index (κ3) is 5.94. The number of benzene rings is 3. The molecule has 0 unspecified atom stereocenters. The topological polar surface area (TPSA) is 78.8 Å². The Hall–Kier alpha value is -2.29. The van der Waals surface area contributed by atoms with E-state index >= 15 is 0 Å². The molecule has 0 aliphatic carbocycles. The first-order valence-electron chi connectivity index (χ1n) is 8.98. The van der Waals surface area contributed by atoms with Gasteiger partial charge in [-0.3, -0.25) is 9.10 Å². The molecule has 1 N–H and O–H groups in total. The molecule has 3 aromatic carbocycles. The number of nitrogens with zero attached hydrogens (tertiary/aromatic N) is 2. The maximum Gasteiger partial charge on any atom is 0.264 e. The zero-order chi connectivity index (χ0) is 23.3. The molecule has 0 radical (unpaired) electrons. The van der Waals surface area contributed by atoms with Gasteiger partial charge in [-0.25, -0.2) is 13.8 Å². The molecule has 0 heterocycles. The quantitative estimate of drug-likeness (QED) is 0.317. The van der Waals surface area contributed by atoms with Crippen molar-refractivity contribution in [1.29, 1.82) is 0 Å². The van der Waals surface area contributed by atoms with E-state index in [1.54, 1.807) is 36.4 Å². The number of anilines is 1. The van der Waals surface area contributed by atoms with E-state index in [4.69, 9.17) is 46.4 Å². The van der Waals surface area contributed by atoms with E-state index in [1.807, 2.05) is 0 Å². The van der Waals surface area contributed by atoms with Gasteiger partial charge >= 0.3 is 0 Å². The Morgan fingerprint density at radius 2 is 1.50 bits per heavy atom. The Bertz CT molecular complexity index is 1270. The van der Waals surface area contributed by atoms with Gasteiger partial charge in [-0.05, 0) is 48.0 Å². The summed E-state index contributed by atoms with van der Waals surface area (Å²) < 4.78 is 27.4. The first kappa shape index (κ1) is 24.4. The zero-order valence-electron chi connectivity index (χ0n) is 16.2. The van der Waals surface area contributed by atoms with E-state index in [0.29, 0.717) is 15.6 Å². The fourth-order valence-electron chi connectivity index (χ4n) is 2.61. The summed E-state index contributed by atoms with van der Waals surface area (Å²) in [5, 5.41) is 4.97. The third-order valence-electron chi connectivity index (χ3n) is 4.16. The molecule has 3 rings (SSSR count). The summed E-state index contributed by atoms with van der Waals surface area (Å²) in [6.07, 6.45) is 1.36. The second-order valence-corrected chi connectivity index (χ2v) is 9.88. The third-order valence-corrected chi connectivity index (χ3v) is 7.42. The molecule has 0 bridgehead atoms. The normalized spacial score (nSPS) is 11.5. The summed E-state index contributed by atoms with van der Waals surface area (Å²) >= 11 is 23.8. The Balaban J connectivity index is 1.85. The van der Waals surface area contributed by atoms with E-state index in [9.17, 15) is 13.2 Å². The van der Waals surface area contributed by atoms with Crippen molar-refractivity contribution in [2.24, 2.45) is 5.10 Å². The van der Waals surface area contributed by atoms with Gasteiger partial charge < -0.3 is 0 Å². The summed E-state index contributed by atoms with van der Waals surface area (Å²) in [5.74, 6) is -0.674. The molecule has 11 heteroatoms. The van der Waals surface area contributed by atoms with Crippen molar-refractivity contribution >= 4 is 74.2 Å². The highest BCUT2D eigenvalue weighted by molar-refractivity contribution is 7.92. The average molecular weight is 531 g/mol. The Kier molecular flexibility index (Phi) is 8.03. The number of sulfonamides is 1. The number of rotatable bonds is 7. The molecular formula is C21H15Cl4N3O3S. The predicted octanol–water partition coefficient (Wildman–Crippen LogP) is 5.65. The largest absolute Gasteiger partial charge is 0.271 e. The van der Waals surface area contributed by atoms with Gasteiger partial charge in [0.1, 0.15) is 6.54 Å². The van der Waals surface area contributed by atoms with E-state index in [-0.39, 0.29) is 20.6 Å². The molecule has 0 atom stereocenters. The van der Waals surface area contributed by atoms with Gasteiger partial charge in [-0.1, -0.05) is 70.7 Å². The van der Waals surface area contributed by atoms with Crippen molar-refractivity contribution in [2.75, 3.05) is 10.8 Å². The van der Waals surface area contributed by atoms with Crippen molar-refractivity contribution in [1.82, 2.24) is 5.43 Å². The number of nitrogens with one attached hydrogen (secondary N) is 1. The summed E-state index contributed by atoms with van der Waals surface area (Å²) in [4.78, 5) is 12.5. The smallest absolute Gasteiger partial charge is 0.264 e. The summed E-state index contributed by atoms with van der Waals surface area (Å²) in [6.45, 7) is -0.548. The van der Waals surface area contributed by atoms with Crippen molar-refractivity contribution < 1.29 is 13.2 Å². The van der Waals surface area contributed by atoms with Crippen molar-refractivity contribution in [2.45, 2.75) is 4.90 Å². The fourth-order valence-corrected chi connectivity index (χ4v) is 4.64. The van der Waals surface area contributed by atoms with E-state index < -0.39 is 22.5 Å². The van der Waals surface area contributed by atoms with E-state index in [1.165, 1.54) is 36.5 Å². The Labute approximate surface area is 205 Å². The van der Waals surface area contributed by atoms with Crippen LogP contribution in [0.15, 0.2) is 76.7 Å². The Morgan fingerprint density at radius 1 is 0.875 bits per heavy atom. The molecule has 0 saturated heterocycles.